The number of hydrogen-bond acceptors (Lipinski definition) is 2. The van der Waals surface area contributed by atoms with Crippen LogP contribution in [0.2, 0.25) is 0 Å². The number of carboxylic acids is 1. The maximum atomic E-state index is 11.9. The van der Waals surface area contributed by atoms with E-state index in [0.717, 1.165) is 18.4 Å². The maximum absolute atomic E-state index is 11.9. The summed E-state index contributed by atoms with van der Waals surface area (Å²) >= 11 is 0. The minimum atomic E-state index is -1.00. The average molecular weight is 289 g/mol. The van der Waals surface area contributed by atoms with Gasteiger partial charge in [-0.05, 0) is 36.8 Å². The number of hydrogen-bond donors (Lipinski definition) is 2. The molecular formula is C18H27NO2. The van der Waals surface area contributed by atoms with E-state index in [4.69, 9.17) is 0 Å². The largest absolute Gasteiger partial charge is 0.480 e. The van der Waals surface area contributed by atoms with Crippen molar-refractivity contribution in [1.29, 1.82) is 0 Å². The highest BCUT2D eigenvalue weighted by Crippen LogP contribution is 2.27. The lowest BCUT2D eigenvalue weighted by molar-refractivity contribution is -0.145. The lowest BCUT2D eigenvalue weighted by Crippen LogP contribution is -2.51. The lowest BCUT2D eigenvalue weighted by Gasteiger charge is -2.34. The van der Waals surface area contributed by atoms with Crippen LogP contribution in [-0.4, -0.2) is 17.1 Å². The van der Waals surface area contributed by atoms with Gasteiger partial charge in [-0.2, -0.15) is 0 Å². The van der Waals surface area contributed by atoms with Crippen LogP contribution in [0.4, 0.5) is 0 Å². The van der Waals surface area contributed by atoms with Crippen molar-refractivity contribution in [3.63, 3.8) is 0 Å². The molecule has 2 N–H and O–H groups in total. The Morgan fingerprint density at radius 2 is 1.76 bits per heavy atom. The second kappa shape index (κ2) is 6.61. The molecule has 1 atom stereocenters. The molecular weight excluding hydrogens is 262 g/mol. The Hall–Kier alpha value is -1.35. The maximum Gasteiger partial charge on any atom is 0.328 e. The van der Waals surface area contributed by atoms with Crippen LogP contribution in [-0.2, 0) is 10.3 Å². The van der Waals surface area contributed by atoms with Crippen molar-refractivity contribution in [3.8, 4) is 0 Å². The van der Waals surface area contributed by atoms with Gasteiger partial charge in [0.1, 0.15) is 5.54 Å². The van der Waals surface area contributed by atoms with Crippen molar-refractivity contribution in [2.75, 3.05) is 0 Å². The normalized spacial score (nSPS) is 19.4. The van der Waals surface area contributed by atoms with E-state index in [0.29, 0.717) is 12.0 Å². The molecule has 21 heavy (non-hydrogen) atoms. The Morgan fingerprint density at radius 3 is 2.24 bits per heavy atom. The van der Waals surface area contributed by atoms with Gasteiger partial charge in [0.15, 0.2) is 0 Å². The van der Waals surface area contributed by atoms with Gasteiger partial charge in [0.2, 0.25) is 0 Å². The molecule has 1 aliphatic carbocycles. The van der Waals surface area contributed by atoms with Crippen molar-refractivity contribution in [3.05, 3.63) is 35.4 Å². The number of carboxylic acid groups (broad SMARTS) is 1. The minimum Gasteiger partial charge on any atom is -0.480 e. The molecule has 0 bridgehead atoms. The minimum absolute atomic E-state index is 0.310. The molecule has 3 nitrogen and oxygen atoms in total. The molecule has 0 saturated heterocycles. The van der Waals surface area contributed by atoms with Gasteiger partial charge < -0.3 is 5.11 Å². The quantitative estimate of drug-likeness (QED) is 0.860. The molecule has 116 valence electrons. The van der Waals surface area contributed by atoms with Crippen LogP contribution in [0.3, 0.4) is 0 Å². The first-order chi connectivity index (χ1) is 9.93. The second-order valence-corrected chi connectivity index (χ2v) is 6.69. The van der Waals surface area contributed by atoms with E-state index >= 15 is 0 Å². The predicted octanol–water partition coefficient (Wildman–Crippen LogP) is 4.03. The highest BCUT2D eigenvalue weighted by Gasteiger charge is 2.37. The Balaban J connectivity index is 2.21. The molecule has 1 unspecified atom stereocenters. The molecule has 1 aromatic rings. The van der Waals surface area contributed by atoms with E-state index in [1.807, 2.05) is 24.3 Å². The van der Waals surface area contributed by atoms with Gasteiger partial charge in [0, 0.05) is 6.04 Å². The van der Waals surface area contributed by atoms with Crippen LogP contribution < -0.4 is 5.32 Å². The molecule has 1 fully saturated rings. The van der Waals surface area contributed by atoms with Crippen LogP contribution in [0.1, 0.15) is 69.9 Å². The van der Waals surface area contributed by atoms with Crippen LogP contribution in [0, 0.1) is 0 Å². The molecule has 0 amide bonds. The van der Waals surface area contributed by atoms with Crippen LogP contribution in [0.15, 0.2) is 24.3 Å². The fourth-order valence-corrected chi connectivity index (χ4v) is 3.13. The van der Waals surface area contributed by atoms with Gasteiger partial charge in [-0.1, -0.05) is 57.4 Å². The highest BCUT2D eigenvalue weighted by molar-refractivity contribution is 5.80. The zero-order chi connectivity index (χ0) is 15.5. The number of aliphatic carboxylic acids is 1. The van der Waals surface area contributed by atoms with Gasteiger partial charge in [-0.15, -0.1) is 0 Å². The predicted molar refractivity (Wildman–Crippen MR) is 85.5 cm³/mol. The molecule has 3 heteroatoms. The number of benzene rings is 1. The molecule has 0 spiro atoms. The van der Waals surface area contributed by atoms with E-state index in [2.05, 4.69) is 19.2 Å². The summed E-state index contributed by atoms with van der Waals surface area (Å²) in [6.07, 6.45) is 5.81. The summed E-state index contributed by atoms with van der Waals surface area (Å²) in [6.45, 7) is 6.08. The standard InChI is InChI=1S/C18H27NO2/c1-13(2)14-9-11-15(12-10-14)18(3,17(20)21)19-16-7-5-4-6-8-16/h9-13,16,19H,4-8H2,1-3H3,(H,20,21). The fourth-order valence-electron chi connectivity index (χ4n) is 3.13. The van der Waals surface area contributed by atoms with Gasteiger partial charge in [-0.3, -0.25) is 5.32 Å². The van der Waals surface area contributed by atoms with Gasteiger partial charge >= 0.3 is 5.97 Å². The third-order valence-electron chi connectivity index (χ3n) is 4.68. The molecule has 0 aromatic heterocycles. The van der Waals surface area contributed by atoms with Crippen LogP contribution >= 0.6 is 0 Å². The summed E-state index contributed by atoms with van der Waals surface area (Å²) in [7, 11) is 0. The van der Waals surface area contributed by atoms with Gasteiger partial charge in [-0.25, -0.2) is 4.79 Å². The topological polar surface area (TPSA) is 49.3 Å². The Bertz CT molecular complexity index is 474. The van der Waals surface area contributed by atoms with Crippen LogP contribution in [0.25, 0.3) is 0 Å². The van der Waals surface area contributed by atoms with Crippen molar-refractivity contribution in [1.82, 2.24) is 5.32 Å². The molecule has 0 aliphatic heterocycles. The Morgan fingerprint density at radius 1 is 1.19 bits per heavy atom. The summed E-state index contributed by atoms with van der Waals surface area (Å²) < 4.78 is 0. The van der Waals surface area contributed by atoms with E-state index in [-0.39, 0.29) is 0 Å². The second-order valence-electron chi connectivity index (χ2n) is 6.69. The van der Waals surface area contributed by atoms with E-state index < -0.39 is 11.5 Å². The SMILES string of the molecule is CC(C)c1ccc(C(C)(NC2CCCCC2)C(=O)O)cc1. The zero-order valence-electron chi connectivity index (χ0n) is 13.4. The third kappa shape index (κ3) is 3.65. The molecule has 1 aliphatic rings. The Labute approximate surface area is 127 Å². The summed E-state index contributed by atoms with van der Waals surface area (Å²) in [5, 5.41) is 13.1. The summed E-state index contributed by atoms with van der Waals surface area (Å²) in [6, 6.07) is 8.32. The first-order valence-electron chi connectivity index (χ1n) is 8.05. The molecule has 0 heterocycles. The smallest absolute Gasteiger partial charge is 0.328 e. The number of rotatable bonds is 5. The van der Waals surface area contributed by atoms with E-state index in [1.54, 1.807) is 6.92 Å². The third-order valence-corrected chi connectivity index (χ3v) is 4.68. The number of nitrogens with one attached hydrogen (secondary N) is 1. The van der Waals surface area contributed by atoms with Gasteiger partial charge in [0.05, 0.1) is 0 Å². The number of carbonyl (C=O) groups is 1. The summed E-state index contributed by atoms with van der Waals surface area (Å²) in [5.41, 5.74) is 1.08. The fraction of sp³-hybridized carbons (Fsp3) is 0.611. The first kappa shape index (κ1) is 16.0. The highest BCUT2D eigenvalue weighted by atomic mass is 16.4. The molecule has 2 rings (SSSR count). The average Bonchev–Trinajstić information content (AvgIpc) is 2.48. The molecule has 0 radical (unpaired) electrons. The zero-order valence-corrected chi connectivity index (χ0v) is 13.4. The van der Waals surface area contributed by atoms with Crippen molar-refractivity contribution in [2.45, 2.75) is 70.4 Å². The van der Waals surface area contributed by atoms with E-state index in [9.17, 15) is 9.90 Å². The van der Waals surface area contributed by atoms with Crippen molar-refractivity contribution >= 4 is 5.97 Å². The summed E-state index contributed by atoms with van der Waals surface area (Å²) in [4.78, 5) is 11.9. The molecule has 1 saturated carbocycles. The molecule has 1 aromatic carbocycles. The Kier molecular flexibility index (Phi) is 5.04. The van der Waals surface area contributed by atoms with Crippen molar-refractivity contribution in [2.24, 2.45) is 0 Å². The summed E-state index contributed by atoms with van der Waals surface area (Å²) in [5.74, 6) is -0.341. The monoisotopic (exact) mass is 289 g/mol. The lowest BCUT2D eigenvalue weighted by atomic mass is 9.86. The van der Waals surface area contributed by atoms with E-state index in [1.165, 1.54) is 24.8 Å². The van der Waals surface area contributed by atoms with Crippen molar-refractivity contribution < 1.29 is 9.90 Å². The van der Waals surface area contributed by atoms with Gasteiger partial charge in [0.25, 0.3) is 0 Å². The van der Waals surface area contributed by atoms with Crippen LogP contribution in [0.5, 0.6) is 0 Å². The first-order valence-corrected chi connectivity index (χ1v) is 8.05.